The van der Waals surface area contributed by atoms with Crippen LogP contribution in [0.2, 0.25) is 0 Å². The quantitative estimate of drug-likeness (QED) is 0.829. The van der Waals surface area contributed by atoms with E-state index < -0.39 is 0 Å². The molecule has 5 heteroatoms. The molecule has 1 atom stereocenters. The lowest BCUT2D eigenvalue weighted by Crippen LogP contribution is -2.42. The van der Waals surface area contributed by atoms with E-state index in [1.807, 2.05) is 12.1 Å². The van der Waals surface area contributed by atoms with Crippen molar-refractivity contribution in [1.29, 1.82) is 0 Å². The number of nitrogens with zero attached hydrogens (tertiary/aromatic N) is 1. The van der Waals surface area contributed by atoms with Crippen molar-refractivity contribution in [3.63, 3.8) is 0 Å². The summed E-state index contributed by atoms with van der Waals surface area (Å²) in [4.78, 5) is 15.2. The smallest absolute Gasteiger partial charge is 0.167 e. The topological polar surface area (TPSA) is 48.0 Å². The standard InChI is InChI=1S/C17H21NO4/c19-17-13(11-18-3-5-20-6-4-18)2-1-12-9-15-16(10-14(12)17)22-8-7-21-15/h9-10,13H,1-8,11H2/t13-/m0/s1. The maximum atomic E-state index is 12.8. The largest absolute Gasteiger partial charge is 0.486 e. The monoisotopic (exact) mass is 303 g/mol. The number of fused-ring (bicyclic) bond motifs is 2. The average molecular weight is 303 g/mol. The predicted molar refractivity (Wildman–Crippen MR) is 80.8 cm³/mol. The number of benzene rings is 1. The number of ketones is 1. The van der Waals surface area contributed by atoms with E-state index in [1.54, 1.807) is 0 Å². The van der Waals surface area contributed by atoms with E-state index in [9.17, 15) is 4.79 Å². The van der Waals surface area contributed by atoms with Gasteiger partial charge in [-0.3, -0.25) is 9.69 Å². The van der Waals surface area contributed by atoms with E-state index in [0.717, 1.165) is 62.6 Å². The number of carbonyl (C=O) groups is 1. The number of aryl methyl sites for hydroxylation is 1. The van der Waals surface area contributed by atoms with Gasteiger partial charge in [-0.05, 0) is 30.5 Å². The third-order valence-electron chi connectivity index (χ3n) is 4.75. The molecule has 0 N–H and O–H groups in total. The molecule has 1 aromatic carbocycles. The Balaban J connectivity index is 1.54. The van der Waals surface area contributed by atoms with Gasteiger partial charge in [0.05, 0.1) is 13.2 Å². The Morgan fingerprint density at radius 3 is 2.55 bits per heavy atom. The molecule has 0 amide bonds. The van der Waals surface area contributed by atoms with Crippen molar-refractivity contribution in [2.24, 2.45) is 5.92 Å². The van der Waals surface area contributed by atoms with Crippen molar-refractivity contribution < 1.29 is 19.0 Å². The van der Waals surface area contributed by atoms with Crippen molar-refractivity contribution in [3.8, 4) is 11.5 Å². The van der Waals surface area contributed by atoms with E-state index in [2.05, 4.69) is 4.90 Å². The van der Waals surface area contributed by atoms with Crippen molar-refractivity contribution in [2.45, 2.75) is 12.8 Å². The molecule has 0 unspecified atom stereocenters. The van der Waals surface area contributed by atoms with E-state index in [0.29, 0.717) is 19.0 Å². The Labute approximate surface area is 130 Å². The lowest BCUT2D eigenvalue weighted by atomic mass is 9.82. The highest BCUT2D eigenvalue weighted by molar-refractivity contribution is 6.01. The lowest BCUT2D eigenvalue weighted by molar-refractivity contribution is 0.0291. The molecule has 0 saturated carbocycles. The van der Waals surface area contributed by atoms with Crippen LogP contribution in [0.4, 0.5) is 0 Å². The first kappa shape index (κ1) is 14.0. The van der Waals surface area contributed by atoms with Gasteiger partial charge in [0.2, 0.25) is 0 Å². The summed E-state index contributed by atoms with van der Waals surface area (Å²) in [6, 6.07) is 3.88. The molecule has 1 fully saturated rings. The number of morpholine rings is 1. The fourth-order valence-corrected chi connectivity index (χ4v) is 3.52. The zero-order valence-corrected chi connectivity index (χ0v) is 12.7. The van der Waals surface area contributed by atoms with Crippen molar-refractivity contribution in [2.75, 3.05) is 46.1 Å². The summed E-state index contributed by atoms with van der Waals surface area (Å²) in [6.07, 6.45) is 1.86. The molecule has 0 spiro atoms. The van der Waals surface area contributed by atoms with Crippen LogP contribution in [-0.2, 0) is 11.2 Å². The van der Waals surface area contributed by atoms with E-state index in [1.165, 1.54) is 0 Å². The number of rotatable bonds is 2. The molecule has 0 aromatic heterocycles. The second-order valence-corrected chi connectivity index (χ2v) is 6.17. The van der Waals surface area contributed by atoms with Gasteiger partial charge >= 0.3 is 0 Å². The van der Waals surface area contributed by atoms with Crippen LogP contribution in [0.25, 0.3) is 0 Å². The molecule has 22 heavy (non-hydrogen) atoms. The first-order valence-electron chi connectivity index (χ1n) is 8.08. The second kappa shape index (κ2) is 5.89. The molecule has 1 saturated heterocycles. The van der Waals surface area contributed by atoms with Crippen LogP contribution < -0.4 is 9.47 Å². The summed E-state index contributed by atoms with van der Waals surface area (Å²) in [5.41, 5.74) is 1.93. The molecular weight excluding hydrogens is 282 g/mol. The minimum absolute atomic E-state index is 0.0909. The molecule has 0 radical (unpaired) electrons. The summed E-state index contributed by atoms with van der Waals surface area (Å²) < 4.78 is 16.6. The fourth-order valence-electron chi connectivity index (χ4n) is 3.52. The summed E-state index contributed by atoms with van der Waals surface area (Å²) in [5, 5.41) is 0. The van der Waals surface area contributed by atoms with E-state index in [-0.39, 0.29) is 11.7 Å². The number of Topliss-reactive ketones (excluding diaryl/α,β-unsaturated/α-hetero) is 1. The van der Waals surface area contributed by atoms with Crippen LogP contribution in [0.3, 0.4) is 0 Å². The van der Waals surface area contributed by atoms with Crippen LogP contribution in [0.5, 0.6) is 11.5 Å². The molecule has 118 valence electrons. The van der Waals surface area contributed by atoms with Crippen molar-refractivity contribution in [1.82, 2.24) is 4.90 Å². The van der Waals surface area contributed by atoms with Crippen LogP contribution >= 0.6 is 0 Å². The summed E-state index contributed by atoms with van der Waals surface area (Å²) >= 11 is 0. The van der Waals surface area contributed by atoms with Gasteiger partial charge in [0.1, 0.15) is 13.2 Å². The van der Waals surface area contributed by atoms with Crippen LogP contribution in [0.15, 0.2) is 12.1 Å². The fraction of sp³-hybridized carbons (Fsp3) is 0.588. The molecule has 1 aromatic rings. The molecule has 2 aliphatic heterocycles. The Hall–Kier alpha value is -1.59. The number of hydrogen-bond acceptors (Lipinski definition) is 5. The number of ether oxygens (including phenoxy) is 3. The third-order valence-corrected chi connectivity index (χ3v) is 4.75. The van der Waals surface area contributed by atoms with Crippen molar-refractivity contribution in [3.05, 3.63) is 23.3 Å². The Bertz CT molecular complexity index is 580. The summed E-state index contributed by atoms with van der Waals surface area (Å²) in [7, 11) is 0. The second-order valence-electron chi connectivity index (χ2n) is 6.17. The molecular formula is C17H21NO4. The normalized spacial score (nSPS) is 24.9. The van der Waals surface area contributed by atoms with Gasteiger partial charge in [-0.1, -0.05) is 0 Å². The van der Waals surface area contributed by atoms with Crippen LogP contribution in [0, 0.1) is 5.92 Å². The highest BCUT2D eigenvalue weighted by Crippen LogP contribution is 2.37. The summed E-state index contributed by atoms with van der Waals surface area (Å²) in [5.74, 6) is 1.84. The van der Waals surface area contributed by atoms with Crippen LogP contribution in [0.1, 0.15) is 22.3 Å². The zero-order valence-electron chi connectivity index (χ0n) is 12.7. The van der Waals surface area contributed by atoms with Gasteiger partial charge in [0.25, 0.3) is 0 Å². The molecule has 4 rings (SSSR count). The lowest BCUT2D eigenvalue weighted by Gasteiger charge is -2.32. The average Bonchev–Trinajstić information content (AvgIpc) is 2.57. The predicted octanol–water partition coefficient (Wildman–Crippen LogP) is 1.54. The minimum Gasteiger partial charge on any atom is -0.486 e. The highest BCUT2D eigenvalue weighted by atomic mass is 16.6. The van der Waals surface area contributed by atoms with E-state index in [4.69, 9.17) is 14.2 Å². The van der Waals surface area contributed by atoms with Gasteiger partial charge in [0, 0.05) is 31.1 Å². The summed E-state index contributed by atoms with van der Waals surface area (Å²) in [6.45, 7) is 5.38. The Kier molecular flexibility index (Phi) is 3.76. The zero-order chi connectivity index (χ0) is 14.9. The molecule has 0 bridgehead atoms. The number of hydrogen-bond donors (Lipinski definition) is 0. The van der Waals surface area contributed by atoms with Gasteiger partial charge < -0.3 is 14.2 Å². The number of carbonyl (C=O) groups excluding carboxylic acids is 1. The Morgan fingerprint density at radius 2 is 1.77 bits per heavy atom. The molecule has 2 heterocycles. The van der Waals surface area contributed by atoms with Gasteiger partial charge in [-0.2, -0.15) is 0 Å². The van der Waals surface area contributed by atoms with Gasteiger partial charge in [0.15, 0.2) is 17.3 Å². The molecule has 1 aliphatic carbocycles. The highest BCUT2D eigenvalue weighted by Gasteiger charge is 2.31. The first-order valence-corrected chi connectivity index (χ1v) is 8.08. The van der Waals surface area contributed by atoms with Crippen molar-refractivity contribution >= 4 is 5.78 Å². The molecule has 5 nitrogen and oxygen atoms in total. The molecule has 3 aliphatic rings. The van der Waals surface area contributed by atoms with Crippen LogP contribution in [-0.4, -0.2) is 56.7 Å². The third kappa shape index (κ3) is 2.59. The maximum absolute atomic E-state index is 12.8. The first-order chi connectivity index (χ1) is 10.8. The maximum Gasteiger partial charge on any atom is 0.167 e. The van der Waals surface area contributed by atoms with Gasteiger partial charge in [-0.25, -0.2) is 0 Å². The van der Waals surface area contributed by atoms with E-state index >= 15 is 0 Å². The minimum atomic E-state index is 0.0909. The van der Waals surface area contributed by atoms with Gasteiger partial charge in [-0.15, -0.1) is 0 Å². The Morgan fingerprint density at radius 1 is 1.05 bits per heavy atom. The SMILES string of the molecule is O=C1c2cc3c(cc2CC[C@H]1CN1CCOCC1)OCCO3.